The fourth-order valence-corrected chi connectivity index (χ4v) is 5.07. The minimum absolute atomic E-state index is 0.165. The maximum Gasteiger partial charge on any atom is 0.348 e. The number of carboxylic acid groups (broad SMARTS) is 1. The van der Waals surface area contributed by atoms with E-state index in [1.54, 1.807) is 37.3 Å². The Balaban J connectivity index is 1.27. The van der Waals surface area contributed by atoms with Gasteiger partial charge in [-0.15, -0.1) is 0 Å². The molecule has 9 heteroatoms. The van der Waals surface area contributed by atoms with Gasteiger partial charge in [0, 0.05) is 45.2 Å². The van der Waals surface area contributed by atoms with Crippen LogP contribution < -0.4 is 19.1 Å². The molecule has 9 nitrogen and oxygen atoms in total. The number of para-hydroxylation sites is 2. The lowest BCUT2D eigenvalue weighted by Crippen LogP contribution is -2.46. The summed E-state index contributed by atoms with van der Waals surface area (Å²) in [5.41, 5.74) is -0.659. The highest BCUT2D eigenvalue weighted by Crippen LogP contribution is 2.30. The molecule has 1 aromatic heterocycles. The standard InChI is InChI=1S/C38H40N4O5/c1-3-4-5-6-7-14-23-41-24-26-42(27-25-41)34-28-35(40-37(39-34)46-31-15-10-8-11-16-31)45-32-21-19-30(20-22-32)29-38(2,36(43)44)47-33-17-12-9-13-18-33/h3-5,7-22,28H,1,6,23-27,29H2,2H3,(H,43,44)/b5-4-,14-7+. The first kappa shape index (κ1) is 33.0. The molecule has 0 radical (unpaired) electrons. The van der Waals surface area contributed by atoms with E-state index in [0.29, 0.717) is 23.1 Å². The number of anilines is 1. The molecule has 5 rings (SSSR count). The highest BCUT2D eigenvalue weighted by atomic mass is 16.5. The first-order valence-electron chi connectivity index (χ1n) is 15.7. The summed E-state index contributed by atoms with van der Waals surface area (Å²) in [5.74, 6) is 1.68. The quantitative estimate of drug-likeness (QED) is 0.107. The largest absolute Gasteiger partial charge is 0.478 e. The van der Waals surface area contributed by atoms with E-state index in [4.69, 9.17) is 19.2 Å². The van der Waals surface area contributed by atoms with E-state index in [9.17, 15) is 9.90 Å². The summed E-state index contributed by atoms with van der Waals surface area (Å²) < 4.78 is 18.1. The summed E-state index contributed by atoms with van der Waals surface area (Å²) in [7, 11) is 0. The number of hydrogen-bond acceptors (Lipinski definition) is 8. The molecule has 2 heterocycles. The summed E-state index contributed by atoms with van der Waals surface area (Å²) in [6.45, 7) is 9.56. The van der Waals surface area contributed by atoms with E-state index in [-0.39, 0.29) is 12.4 Å². The smallest absolute Gasteiger partial charge is 0.348 e. The fraction of sp³-hybridized carbons (Fsp3) is 0.237. The maximum atomic E-state index is 12.2. The third kappa shape index (κ3) is 9.79. The predicted octanol–water partition coefficient (Wildman–Crippen LogP) is 7.34. The zero-order valence-electron chi connectivity index (χ0n) is 26.6. The van der Waals surface area contributed by atoms with Crippen molar-refractivity contribution in [3.8, 4) is 29.1 Å². The van der Waals surface area contributed by atoms with Gasteiger partial charge in [-0.1, -0.05) is 85.5 Å². The number of carboxylic acids is 1. The Kier molecular flexibility index (Phi) is 11.4. The van der Waals surface area contributed by atoms with Crippen molar-refractivity contribution in [2.75, 3.05) is 37.6 Å². The van der Waals surface area contributed by atoms with E-state index in [0.717, 1.165) is 50.5 Å². The molecule has 1 fully saturated rings. The third-order valence-electron chi connectivity index (χ3n) is 7.62. The van der Waals surface area contributed by atoms with E-state index < -0.39 is 11.6 Å². The van der Waals surface area contributed by atoms with Crippen LogP contribution in [0, 0.1) is 0 Å². The Bertz CT molecular complexity index is 1650. The summed E-state index contributed by atoms with van der Waals surface area (Å²) in [6.07, 6.45) is 11.3. The van der Waals surface area contributed by atoms with Crippen LogP contribution in [0.3, 0.4) is 0 Å². The highest BCUT2D eigenvalue weighted by Gasteiger charge is 2.36. The number of piperazine rings is 1. The molecule has 1 aliphatic rings. The van der Waals surface area contributed by atoms with Gasteiger partial charge in [0.2, 0.25) is 11.5 Å². The monoisotopic (exact) mass is 632 g/mol. The molecular weight excluding hydrogens is 592 g/mol. The van der Waals surface area contributed by atoms with Crippen LogP contribution in [0.5, 0.6) is 29.1 Å². The molecule has 47 heavy (non-hydrogen) atoms. The molecule has 0 amide bonds. The number of nitrogens with zero attached hydrogens (tertiary/aromatic N) is 4. The summed E-state index contributed by atoms with van der Waals surface area (Å²) in [4.78, 5) is 26.1. The van der Waals surface area contributed by atoms with Gasteiger partial charge < -0.3 is 24.2 Å². The Labute approximate surface area is 276 Å². The number of aromatic nitrogens is 2. The second-order valence-electron chi connectivity index (χ2n) is 11.3. The summed E-state index contributed by atoms with van der Waals surface area (Å²) in [6, 6.07) is 27.6. The third-order valence-corrected chi connectivity index (χ3v) is 7.62. The van der Waals surface area contributed by atoms with Crippen molar-refractivity contribution in [1.29, 1.82) is 0 Å². The van der Waals surface area contributed by atoms with Crippen molar-refractivity contribution in [2.24, 2.45) is 0 Å². The molecule has 0 bridgehead atoms. The number of benzene rings is 3. The summed E-state index contributed by atoms with van der Waals surface area (Å²) in [5, 5.41) is 9.97. The van der Waals surface area contributed by atoms with Gasteiger partial charge in [0.15, 0.2) is 0 Å². The number of hydrogen-bond donors (Lipinski definition) is 1. The van der Waals surface area contributed by atoms with Gasteiger partial charge in [-0.3, -0.25) is 4.90 Å². The van der Waals surface area contributed by atoms with Crippen LogP contribution in [-0.2, 0) is 11.2 Å². The zero-order valence-corrected chi connectivity index (χ0v) is 26.6. The average Bonchev–Trinajstić information content (AvgIpc) is 3.08. The van der Waals surface area contributed by atoms with Crippen molar-refractivity contribution >= 4 is 11.8 Å². The van der Waals surface area contributed by atoms with Gasteiger partial charge in [-0.25, -0.2) is 4.79 Å². The minimum atomic E-state index is -1.45. The lowest BCUT2D eigenvalue weighted by atomic mass is 9.96. The van der Waals surface area contributed by atoms with Gasteiger partial charge in [0.25, 0.3) is 0 Å². The number of ether oxygens (including phenoxy) is 3. The minimum Gasteiger partial charge on any atom is -0.478 e. The lowest BCUT2D eigenvalue weighted by Gasteiger charge is -2.34. The van der Waals surface area contributed by atoms with Gasteiger partial charge in [0.05, 0.1) is 0 Å². The molecule has 1 unspecified atom stereocenters. The SMILES string of the molecule is C=C/C=C\C/C=C/CN1CCN(c2cc(Oc3ccc(CC(C)(Oc4ccccc4)C(=O)O)cc3)nc(Oc3ccccc3)n2)CC1. The molecule has 1 saturated heterocycles. The van der Waals surface area contributed by atoms with Crippen LogP contribution in [0.1, 0.15) is 18.9 Å². The van der Waals surface area contributed by atoms with Crippen molar-refractivity contribution in [3.63, 3.8) is 0 Å². The van der Waals surface area contributed by atoms with Gasteiger partial charge in [-0.05, 0) is 55.3 Å². The van der Waals surface area contributed by atoms with Gasteiger partial charge in [0.1, 0.15) is 23.1 Å². The zero-order chi connectivity index (χ0) is 32.9. The van der Waals surface area contributed by atoms with E-state index in [1.165, 1.54) is 0 Å². The van der Waals surface area contributed by atoms with Crippen LogP contribution >= 0.6 is 0 Å². The molecular formula is C38H40N4O5. The molecule has 0 spiro atoms. The van der Waals surface area contributed by atoms with Crippen LogP contribution in [0.2, 0.25) is 0 Å². The van der Waals surface area contributed by atoms with Gasteiger partial charge >= 0.3 is 12.0 Å². The second kappa shape index (κ2) is 16.2. The number of carbonyl (C=O) groups is 1. The molecule has 1 aliphatic heterocycles. The maximum absolute atomic E-state index is 12.2. The van der Waals surface area contributed by atoms with Crippen LogP contribution in [0.15, 0.2) is 128 Å². The van der Waals surface area contributed by atoms with E-state index >= 15 is 0 Å². The second-order valence-corrected chi connectivity index (χ2v) is 11.3. The van der Waals surface area contributed by atoms with Crippen LogP contribution in [0.4, 0.5) is 5.82 Å². The fourth-order valence-electron chi connectivity index (χ4n) is 5.07. The first-order chi connectivity index (χ1) is 22.9. The molecule has 0 saturated carbocycles. The van der Waals surface area contributed by atoms with Crippen molar-refractivity contribution < 1.29 is 24.1 Å². The molecule has 4 aromatic rings. The Hall–Kier alpha value is -5.41. The summed E-state index contributed by atoms with van der Waals surface area (Å²) >= 11 is 0. The van der Waals surface area contributed by atoms with Crippen LogP contribution in [-0.4, -0.2) is 64.3 Å². The Morgan fingerprint density at radius 1 is 0.851 bits per heavy atom. The van der Waals surface area contributed by atoms with Crippen LogP contribution in [0.25, 0.3) is 0 Å². The Morgan fingerprint density at radius 2 is 1.51 bits per heavy atom. The molecule has 3 aromatic carbocycles. The topological polar surface area (TPSA) is 97.3 Å². The lowest BCUT2D eigenvalue weighted by molar-refractivity contribution is -0.153. The number of rotatable bonds is 15. The van der Waals surface area contributed by atoms with E-state index in [1.807, 2.05) is 72.8 Å². The number of allylic oxidation sites excluding steroid dienone is 4. The van der Waals surface area contributed by atoms with E-state index in [2.05, 4.69) is 39.6 Å². The molecule has 1 atom stereocenters. The first-order valence-corrected chi connectivity index (χ1v) is 15.7. The predicted molar refractivity (Wildman–Crippen MR) is 184 cm³/mol. The van der Waals surface area contributed by atoms with Crippen molar-refractivity contribution in [2.45, 2.75) is 25.4 Å². The van der Waals surface area contributed by atoms with Crippen molar-refractivity contribution in [1.82, 2.24) is 14.9 Å². The number of aliphatic carboxylic acids is 1. The molecule has 242 valence electrons. The molecule has 0 aliphatic carbocycles. The van der Waals surface area contributed by atoms with Gasteiger partial charge in [-0.2, -0.15) is 9.97 Å². The average molecular weight is 633 g/mol. The normalized spacial score (nSPS) is 15.0. The molecule has 1 N–H and O–H groups in total. The Morgan fingerprint density at radius 3 is 2.17 bits per heavy atom. The highest BCUT2D eigenvalue weighted by molar-refractivity contribution is 5.78. The van der Waals surface area contributed by atoms with Crippen molar-refractivity contribution in [3.05, 3.63) is 134 Å².